The molecular weight excluding hydrogens is 246 g/mol. The number of benzene rings is 1. The van der Waals surface area contributed by atoms with Crippen molar-refractivity contribution in [3.05, 3.63) is 29.8 Å². The highest BCUT2D eigenvalue weighted by molar-refractivity contribution is 9.12. The number of aliphatic hydroxyl groups excluding tert-OH is 1. The van der Waals surface area contributed by atoms with Gasteiger partial charge in [-0.05, 0) is 22.5 Å². The quantitative estimate of drug-likeness (QED) is 0.785. The number of hydrogen-bond donors (Lipinski definition) is 2. The van der Waals surface area contributed by atoms with Crippen LogP contribution in [-0.4, -0.2) is 11.0 Å². The molecule has 0 spiro atoms. The second-order valence-corrected chi connectivity index (χ2v) is 2.93. The van der Waals surface area contributed by atoms with E-state index >= 15 is 0 Å². The lowest BCUT2D eigenvalue weighted by molar-refractivity contribution is -0.111. The standard InChI is InChI=1S/C10H8BrNO2/c11-5-4-10(14)12-9-3-1-2-8(6-9)7-13/h1-3,6,13H,7H2,(H,12,14). The van der Waals surface area contributed by atoms with E-state index in [4.69, 9.17) is 5.11 Å². The molecule has 0 aliphatic carbocycles. The van der Waals surface area contributed by atoms with Crippen LogP contribution in [0.25, 0.3) is 0 Å². The number of rotatable bonds is 2. The van der Waals surface area contributed by atoms with Gasteiger partial charge in [0.25, 0.3) is 0 Å². The highest BCUT2D eigenvalue weighted by atomic mass is 79.9. The van der Waals surface area contributed by atoms with E-state index in [1.54, 1.807) is 24.3 Å². The summed E-state index contributed by atoms with van der Waals surface area (Å²) in [7, 11) is 0. The summed E-state index contributed by atoms with van der Waals surface area (Å²) in [5.41, 5.74) is 1.37. The van der Waals surface area contributed by atoms with Crippen LogP contribution in [0.4, 0.5) is 5.69 Å². The van der Waals surface area contributed by atoms with Crippen LogP contribution in [-0.2, 0) is 11.4 Å². The van der Waals surface area contributed by atoms with Crippen LogP contribution in [0.3, 0.4) is 0 Å². The van der Waals surface area contributed by atoms with Crippen LogP contribution in [0.2, 0.25) is 0 Å². The van der Waals surface area contributed by atoms with Crippen LogP contribution in [0, 0.1) is 10.8 Å². The molecule has 14 heavy (non-hydrogen) atoms. The van der Waals surface area contributed by atoms with Crippen molar-refractivity contribution in [3.8, 4) is 10.8 Å². The molecule has 1 rings (SSSR count). The molecule has 0 fully saturated rings. The van der Waals surface area contributed by atoms with Crippen molar-refractivity contribution in [2.45, 2.75) is 6.61 Å². The normalized spacial score (nSPS) is 8.71. The summed E-state index contributed by atoms with van der Waals surface area (Å²) >= 11 is 2.83. The van der Waals surface area contributed by atoms with E-state index < -0.39 is 5.91 Å². The minimum absolute atomic E-state index is 0.0478. The fourth-order valence-electron chi connectivity index (χ4n) is 0.953. The number of amides is 1. The zero-order valence-electron chi connectivity index (χ0n) is 7.25. The molecular formula is C10H8BrNO2. The van der Waals surface area contributed by atoms with E-state index in [-0.39, 0.29) is 6.61 Å². The summed E-state index contributed by atoms with van der Waals surface area (Å²) in [6.07, 6.45) is 0. The lowest BCUT2D eigenvalue weighted by atomic mass is 10.2. The minimum atomic E-state index is -0.392. The smallest absolute Gasteiger partial charge is 0.301 e. The number of hydrogen-bond acceptors (Lipinski definition) is 2. The molecule has 0 aromatic heterocycles. The second-order valence-electron chi connectivity index (χ2n) is 2.53. The van der Waals surface area contributed by atoms with Crippen molar-refractivity contribution in [2.75, 3.05) is 5.32 Å². The zero-order chi connectivity index (χ0) is 10.4. The third kappa shape index (κ3) is 3.21. The Labute approximate surface area is 90.3 Å². The minimum Gasteiger partial charge on any atom is -0.392 e. The van der Waals surface area contributed by atoms with E-state index in [1.165, 1.54) is 0 Å². The van der Waals surface area contributed by atoms with Crippen molar-refractivity contribution in [2.24, 2.45) is 0 Å². The number of halogens is 1. The Hall–Kier alpha value is -1.31. The molecule has 0 radical (unpaired) electrons. The van der Waals surface area contributed by atoms with Gasteiger partial charge in [-0.2, -0.15) is 0 Å². The van der Waals surface area contributed by atoms with E-state index in [0.717, 1.165) is 5.56 Å². The Morgan fingerprint density at radius 3 is 3.00 bits per heavy atom. The Bertz CT molecular complexity index is 393. The second kappa shape index (κ2) is 5.43. The van der Waals surface area contributed by atoms with Gasteiger partial charge >= 0.3 is 5.91 Å². The summed E-state index contributed by atoms with van der Waals surface area (Å²) in [5, 5.41) is 11.4. The molecule has 1 aromatic rings. The molecule has 0 unspecified atom stereocenters. The van der Waals surface area contributed by atoms with Gasteiger partial charge in [-0.25, -0.2) is 0 Å². The zero-order valence-corrected chi connectivity index (χ0v) is 8.84. The maximum atomic E-state index is 11.0. The average molecular weight is 254 g/mol. The van der Waals surface area contributed by atoms with Gasteiger partial charge in [-0.15, -0.1) is 0 Å². The topological polar surface area (TPSA) is 49.3 Å². The number of carbonyl (C=O) groups is 1. The van der Waals surface area contributed by atoms with Gasteiger partial charge in [0, 0.05) is 27.5 Å². The number of carbonyl (C=O) groups excluding carboxylic acids is 1. The first-order chi connectivity index (χ1) is 6.76. The first-order valence-electron chi connectivity index (χ1n) is 3.88. The third-order valence-corrected chi connectivity index (χ3v) is 1.73. The highest BCUT2D eigenvalue weighted by Crippen LogP contribution is 2.09. The fraction of sp³-hybridized carbons (Fsp3) is 0.100. The Balaban J connectivity index is 2.75. The molecule has 0 saturated carbocycles. The number of anilines is 1. The maximum absolute atomic E-state index is 11.0. The Morgan fingerprint density at radius 1 is 1.57 bits per heavy atom. The van der Waals surface area contributed by atoms with Crippen molar-refractivity contribution in [1.29, 1.82) is 0 Å². The summed E-state index contributed by atoms with van der Waals surface area (Å²) in [6.45, 7) is -0.0478. The first kappa shape index (κ1) is 10.8. The van der Waals surface area contributed by atoms with Gasteiger partial charge in [0.15, 0.2) is 0 Å². The highest BCUT2D eigenvalue weighted by Gasteiger charge is 1.98. The Kier molecular flexibility index (Phi) is 4.17. The molecule has 2 N–H and O–H groups in total. The molecule has 4 heteroatoms. The predicted molar refractivity (Wildman–Crippen MR) is 57.7 cm³/mol. The van der Waals surface area contributed by atoms with E-state index in [9.17, 15) is 4.79 Å². The third-order valence-electron chi connectivity index (χ3n) is 1.53. The number of aliphatic hydroxyl groups is 1. The monoisotopic (exact) mass is 253 g/mol. The molecule has 1 aromatic carbocycles. The molecule has 3 nitrogen and oxygen atoms in total. The first-order valence-corrected chi connectivity index (χ1v) is 4.68. The van der Waals surface area contributed by atoms with Crippen LogP contribution in [0.15, 0.2) is 24.3 Å². The summed E-state index contributed by atoms with van der Waals surface area (Å²) in [4.78, 5) is 13.4. The molecule has 0 aliphatic rings. The van der Waals surface area contributed by atoms with E-state index in [0.29, 0.717) is 5.69 Å². The molecule has 1 amide bonds. The molecule has 72 valence electrons. The SMILES string of the molecule is O=C(C#CBr)Nc1cccc(CO)c1. The summed E-state index contributed by atoms with van der Waals surface area (Å²) < 4.78 is 0. The lowest BCUT2D eigenvalue weighted by Crippen LogP contribution is -2.08. The fourth-order valence-corrected chi connectivity index (χ4v) is 1.13. The molecule has 0 saturated heterocycles. The predicted octanol–water partition coefficient (Wildman–Crippen LogP) is 1.47. The van der Waals surface area contributed by atoms with Gasteiger partial charge in [-0.3, -0.25) is 4.79 Å². The van der Waals surface area contributed by atoms with Gasteiger partial charge in [0.2, 0.25) is 0 Å². The van der Waals surface area contributed by atoms with Gasteiger partial charge in [0.1, 0.15) is 0 Å². The Morgan fingerprint density at radius 2 is 2.36 bits per heavy atom. The van der Waals surface area contributed by atoms with E-state index in [1.807, 2.05) is 0 Å². The van der Waals surface area contributed by atoms with Crippen LogP contribution < -0.4 is 5.32 Å². The summed E-state index contributed by atoms with van der Waals surface area (Å²) in [5.74, 6) is 1.89. The van der Waals surface area contributed by atoms with Gasteiger partial charge in [0.05, 0.1) is 6.61 Å². The van der Waals surface area contributed by atoms with E-state index in [2.05, 4.69) is 32.0 Å². The molecule has 0 heterocycles. The van der Waals surface area contributed by atoms with Crippen LogP contribution in [0.1, 0.15) is 5.56 Å². The maximum Gasteiger partial charge on any atom is 0.301 e. The van der Waals surface area contributed by atoms with Crippen molar-refractivity contribution >= 4 is 27.5 Å². The molecule has 0 atom stereocenters. The largest absolute Gasteiger partial charge is 0.392 e. The van der Waals surface area contributed by atoms with Crippen molar-refractivity contribution < 1.29 is 9.90 Å². The number of nitrogens with one attached hydrogen (secondary N) is 1. The summed E-state index contributed by atoms with van der Waals surface area (Å²) in [6, 6.07) is 6.94. The van der Waals surface area contributed by atoms with Crippen molar-refractivity contribution in [1.82, 2.24) is 0 Å². The average Bonchev–Trinajstić information content (AvgIpc) is 2.18. The molecule has 0 aliphatic heterocycles. The van der Waals surface area contributed by atoms with Crippen LogP contribution >= 0.6 is 15.9 Å². The van der Waals surface area contributed by atoms with Gasteiger partial charge < -0.3 is 10.4 Å². The molecule has 0 bridgehead atoms. The van der Waals surface area contributed by atoms with Crippen molar-refractivity contribution in [3.63, 3.8) is 0 Å². The van der Waals surface area contributed by atoms with Crippen LogP contribution in [0.5, 0.6) is 0 Å². The van der Waals surface area contributed by atoms with Gasteiger partial charge in [-0.1, -0.05) is 12.1 Å². The lowest BCUT2D eigenvalue weighted by Gasteiger charge is -2.02.